The lowest BCUT2D eigenvalue weighted by molar-refractivity contribution is -0.143. The summed E-state index contributed by atoms with van der Waals surface area (Å²) in [5.41, 5.74) is 1.98. The van der Waals surface area contributed by atoms with Crippen LogP contribution in [0.25, 0.3) is 0 Å². The molecule has 0 spiro atoms. The van der Waals surface area contributed by atoms with Crippen LogP contribution in [0.3, 0.4) is 0 Å². The number of carbonyl (C=O) groups is 2. The highest BCUT2D eigenvalue weighted by Gasteiger charge is 2.29. The lowest BCUT2D eigenvalue weighted by Gasteiger charge is -2.35. The van der Waals surface area contributed by atoms with E-state index in [-0.39, 0.29) is 30.8 Å². The molecule has 0 unspecified atom stereocenters. The van der Waals surface area contributed by atoms with Crippen LogP contribution in [0.5, 0.6) is 17.2 Å². The summed E-state index contributed by atoms with van der Waals surface area (Å²) in [7, 11) is 4.87. The zero-order chi connectivity index (χ0) is 29.2. The third kappa shape index (κ3) is 8.49. The number of aryl methyl sites for hydroxylation is 1. The van der Waals surface area contributed by atoms with Gasteiger partial charge in [-0.25, -0.2) is 0 Å². The molecule has 1 saturated carbocycles. The Morgan fingerprint density at radius 1 is 0.829 bits per heavy atom. The van der Waals surface area contributed by atoms with Gasteiger partial charge in [-0.15, -0.1) is 11.3 Å². The van der Waals surface area contributed by atoms with Crippen molar-refractivity contribution >= 4 is 23.2 Å². The van der Waals surface area contributed by atoms with Crippen LogP contribution in [0, 0.1) is 6.92 Å². The van der Waals surface area contributed by atoms with Gasteiger partial charge in [0.25, 0.3) is 0 Å². The van der Waals surface area contributed by atoms with Crippen molar-refractivity contribution in [2.45, 2.75) is 64.5 Å². The number of nitrogens with zero attached hydrogens (tertiary/aromatic N) is 2. The Morgan fingerprint density at radius 3 is 2.17 bits per heavy atom. The molecule has 220 valence electrons. The molecule has 0 aliphatic heterocycles. The fourth-order valence-corrected chi connectivity index (χ4v) is 6.34. The summed E-state index contributed by atoms with van der Waals surface area (Å²) in [6.07, 6.45) is 6.17. The lowest BCUT2D eigenvalue weighted by atomic mass is 9.93. The molecule has 2 aromatic carbocycles. The van der Waals surface area contributed by atoms with E-state index in [1.807, 2.05) is 52.3 Å². The average Bonchev–Trinajstić information content (AvgIpc) is 3.42. The second-order valence-electron chi connectivity index (χ2n) is 10.6. The van der Waals surface area contributed by atoms with Crippen molar-refractivity contribution in [3.63, 3.8) is 0 Å². The first-order valence-electron chi connectivity index (χ1n) is 14.4. The molecule has 2 amide bonds. The zero-order valence-corrected chi connectivity index (χ0v) is 25.5. The van der Waals surface area contributed by atoms with Crippen LogP contribution in [0.4, 0.5) is 0 Å². The van der Waals surface area contributed by atoms with Crippen molar-refractivity contribution < 1.29 is 23.8 Å². The Labute approximate surface area is 248 Å². The first-order chi connectivity index (χ1) is 19.9. The SMILES string of the molecule is COc1ccc(CC(=O)N(CC(=O)N(CCc2ccc(OC)c(OC)c2)Cc2ccc(C)s2)C2CCCCC2)cc1. The fraction of sp³-hybridized carbons (Fsp3) is 0.455. The molecule has 1 fully saturated rings. The molecule has 4 rings (SSSR count). The van der Waals surface area contributed by atoms with Gasteiger partial charge in [-0.05, 0) is 73.7 Å². The standard InChI is InChI=1S/C33H42N2O5S/c1-24-10-16-29(41-24)22-34(19-18-26-13-17-30(39-3)31(20-26)40-4)33(37)23-35(27-8-6-5-7-9-27)32(36)21-25-11-14-28(38-2)15-12-25/h10-17,20,27H,5-9,18-19,21-23H2,1-4H3. The molecule has 0 atom stereocenters. The van der Waals surface area contributed by atoms with Crippen LogP contribution in [-0.2, 0) is 29.0 Å². The summed E-state index contributed by atoms with van der Waals surface area (Å²) >= 11 is 1.70. The highest BCUT2D eigenvalue weighted by Crippen LogP contribution is 2.28. The minimum Gasteiger partial charge on any atom is -0.497 e. The first kappa shape index (κ1) is 30.4. The van der Waals surface area contributed by atoms with Gasteiger partial charge in [0, 0.05) is 22.3 Å². The number of carbonyl (C=O) groups excluding carboxylic acids is 2. The topological polar surface area (TPSA) is 68.3 Å². The summed E-state index contributed by atoms with van der Waals surface area (Å²) in [6, 6.07) is 17.7. The van der Waals surface area contributed by atoms with E-state index >= 15 is 0 Å². The van der Waals surface area contributed by atoms with Gasteiger partial charge in [-0.2, -0.15) is 0 Å². The molecule has 0 saturated heterocycles. The van der Waals surface area contributed by atoms with Crippen molar-refractivity contribution in [1.82, 2.24) is 9.80 Å². The van der Waals surface area contributed by atoms with E-state index in [4.69, 9.17) is 14.2 Å². The molecule has 1 heterocycles. The van der Waals surface area contributed by atoms with Crippen molar-refractivity contribution in [2.75, 3.05) is 34.4 Å². The molecule has 41 heavy (non-hydrogen) atoms. The van der Waals surface area contributed by atoms with E-state index in [0.29, 0.717) is 31.0 Å². The third-order valence-electron chi connectivity index (χ3n) is 7.77. The van der Waals surface area contributed by atoms with Gasteiger partial charge in [0.2, 0.25) is 11.8 Å². The maximum atomic E-state index is 14.0. The van der Waals surface area contributed by atoms with Crippen LogP contribution in [0.1, 0.15) is 53.0 Å². The predicted molar refractivity (Wildman–Crippen MR) is 163 cm³/mol. The summed E-state index contributed by atoms with van der Waals surface area (Å²) in [6.45, 7) is 3.23. The first-order valence-corrected chi connectivity index (χ1v) is 15.2. The van der Waals surface area contributed by atoms with Crippen molar-refractivity contribution in [2.24, 2.45) is 0 Å². The monoisotopic (exact) mass is 578 g/mol. The van der Waals surface area contributed by atoms with E-state index in [1.165, 1.54) is 11.3 Å². The highest BCUT2D eigenvalue weighted by molar-refractivity contribution is 7.11. The number of rotatable bonds is 13. The van der Waals surface area contributed by atoms with Crippen molar-refractivity contribution in [3.8, 4) is 17.2 Å². The molecular formula is C33H42N2O5S. The average molecular weight is 579 g/mol. The maximum Gasteiger partial charge on any atom is 0.242 e. The van der Waals surface area contributed by atoms with Gasteiger partial charge >= 0.3 is 0 Å². The lowest BCUT2D eigenvalue weighted by Crippen LogP contribution is -2.48. The van der Waals surface area contributed by atoms with Gasteiger partial charge in [-0.3, -0.25) is 9.59 Å². The second-order valence-corrected chi connectivity index (χ2v) is 12.0. The number of hydrogen-bond donors (Lipinski definition) is 0. The smallest absolute Gasteiger partial charge is 0.242 e. The number of benzene rings is 2. The Morgan fingerprint density at radius 2 is 1.54 bits per heavy atom. The summed E-state index contributed by atoms with van der Waals surface area (Å²) < 4.78 is 16.1. The fourth-order valence-electron chi connectivity index (χ4n) is 5.43. The van der Waals surface area contributed by atoms with Gasteiger partial charge in [0.15, 0.2) is 11.5 Å². The van der Waals surface area contributed by atoms with Gasteiger partial charge in [-0.1, -0.05) is 37.5 Å². The number of thiophene rings is 1. The Hall–Kier alpha value is -3.52. The van der Waals surface area contributed by atoms with Crippen LogP contribution in [0.2, 0.25) is 0 Å². The number of hydrogen-bond acceptors (Lipinski definition) is 6. The van der Waals surface area contributed by atoms with Crippen molar-refractivity contribution in [3.05, 3.63) is 75.5 Å². The van der Waals surface area contributed by atoms with E-state index < -0.39 is 0 Å². The van der Waals surface area contributed by atoms with Crippen LogP contribution < -0.4 is 14.2 Å². The van der Waals surface area contributed by atoms with E-state index in [0.717, 1.165) is 47.4 Å². The highest BCUT2D eigenvalue weighted by atomic mass is 32.1. The molecular weight excluding hydrogens is 536 g/mol. The minimum absolute atomic E-state index is 0.00206. The number of methoxy groups -OCH3 is 3. The molecule has 3 aromatic rings. The van der Waals surface area contributed by atoms with E-state index in [1.54, 1.807) is 32.7 Å². The molecule has 1 aliphatic carbocycles. The molecule has 1 aliphatic rings. The summed E-state index contributed by atoms with van der Waals surface area (Å²) in [4.78, 5) is 33.8. The molecule has 0 radical (unpaired) electrons. The zero-order valence-electron chi connectivity index (χ0n) is 24.7. The Bertz CT molecular complexity index is 1280. The molecule has 0 bridgehead atoms. The number of amides is 2. The largest absolute Gasteiger partial charge is 0.497 e. The van der Waals surface area contributed by atoms with Crippen LogP contribution in [-0.4, -0.2) is 62.1 Å². The van der Waals surface area contributed by atoms with E-state index in [9.17, 15) is 9.59 Å². The molecule has 8 heteroatoms. The summed E-state index contributed by atoms with van der Waals surface area (Å²) in [5.74, 6) is 2.09. The maximum absolute atomic E-state index is 14.0. The number of ether oxygens (including phenoxy) is 3. The quantitative estimate of drug-likeness (QED) is 0.247. The van der Waals surface area contributed by atoms with Gasteiger partial charge in [0.1, 0.15) is 12.3 Å². The predicted octanol–water partition coefficient (Wildman–Crippen LogP) is 6.06. The van der Waals surface area contributed by atoms with Crippen molar-refractivity contribution in [1.29, 1.82) is 0 Å². The second kappa shape index (κ2) is 14.9. The molecule has 0 N–H and O–H groups in total. The Kier molecular flexibility index (Phi) is 11.1. The normalized spacial score (nSPS) is 13.5. The van der Waals surface area contributed by atoms with Crippen LogP contribution >= 0.6 is 11.3 Å². The van der Waals surface area contributed by atoms with Gasteiger partial charge in [0.05, 0.1) is 34.3 Å². The van der Waals surface area contributed by atoms with E-state index in [2.05, 4.69) is 19.1 Å². The molecule has 7 nitrogen and oxygen atoms in total. The summed E-state index contributed by atoms with van der Waals surface area (Å²) in [5, 5.41) is 0. The third-order valence-corrected chi connectivity index (χ3v) is 8.76. The van der Waals surface area contributed by atoms with Gasteiger partial charge < -0.3 is 24.0 Å². The Balaban J connectivity index is 1.52. The molecule has 1 aromatic heterocycles. The minimum atomic E-state index is -0.0230. The van der Waals surface area contributed by atoms with Crippen LogP contribution in [0.15, 0.2) is 54.6 Å².